The monoisotopic (exact) mass is 400 g/mol. The molecule has 1 saturated heterocycles. The molecule has 1 aliphatic rings. The van der Waals surface area contributed by atoms with Crippen LogP contribution in [-0.4, -0.2) is 44.9 Å². The van der Waals surface area contributed by atoms with E-state index in [-0.39, 0.29) is 18.9 Å². The zero-order valence-electron chi connectivity index (χ0n) is 15.7. The lowest BCUT2D eigenvalue weighted by Crippen LogP contribution is -2.33. The minimum absolute atomic E-state index is 0.0186. The fourth-order valence-electron chi connectivity index (χ4n) is 2.89. The van der Waals surface area contributed by atoms with Crippen molar-refractivity contribution >= 4 is 27.9 Å². The van der Waals surface area contributed by atoms with Crippen LogP contribution in [0.1, 0.15) is 32.8 Å². The van der Waals surface area contributed by atoms with Crippen molar-refractivity contribution < 1.29 is 26.6 Å². The van der Waals surface area contributed by atoms with Crippen LogP contribution in [-0.2, 0) is 26.2 Å². The highest BCUT2D eigenvalue weighted by atomic mass is 32.3. The first-order valence-corrected chi connectivity index (χ1v) is 10.3. The number of nitrogens with zero attached hydrogens (tertiary/aromatic N) is 1. The highest BCUT2D eigenvalue weighted by molar-refractivity contribution is 7.86. The predicted molar refractivity (Wildman–Crippen MR) is 99.7 cm³/mol. The number of benzene rings is 1. The summed E-state index contributed by atoms with van der Waals surface area (Å²) in [5.41, 5.74) is 1.06. The summed E-state index contributed by atoms with van der Waals surface area (Å²) in [4.78, 5) is 25.1. The molecule has 0 saturated carbocycles. The first kappa shape index (κ1) is 21.1. The Balaban J connectivity index is 1.86. The Bertz CT molecular complexity index is 787. The van der Waals surface area contributed by atoms with Crippen LogP contribution in [0.3, 0.4) is 0 Å². The Hall–Kier alpha value is -2.16. The van der Waals surface area contributed by atoms with Gasteiger partial charge in [0.15, 0.2) is 0 Å². The maximum Gasteiger partial charge on any atom is 0.407 e. The summed E-state index contributed by atoms with van der Waals surface area (Å²) in [6.07, 6.45) is 0.136. The van der Waals surface area contributed by atoms with Crippen LogP contribution < -0.4 is 10.2 Å². The van der Waals surface area contributed by atoms with Gasteiger partial charge in [0.2, 0.25) is 5.91 Å². The van der Waals surface area contributed by atoms with Crippen LogP contribution in [0.5, 0.6) is 0 Å². The van der Waals surface area contributed by atoms with Crippen molar-refractivity contribution in [3.63, 3.8) is 0 Å². The minimum atomic E-state index is -4.60. The van der Waals surface area contributed by atoms with Gasteiger partial charge in [0.25, 0.3) is 0 Å². The molecule has 0 radical (unpaired) electrons. The molecule has 0 aromatic heterocycles. The van der Waals surface area contributed by atoms with Gasteiger partial charge in [0.1, 0.15) is 5.60 Å². The van der Waals surface area contributed by atoms with Crippen LogP contribution in [0.2, 0.25) is 0 Å². The third-order valence-corrected chi connectivity index (χ3v) is 4.84. The van der Waals surface area contributed by atoms with Gasteiger partial charge in [-0.15, -0.1) is 3.89 Å². The number of carbonyl (C=O) groups is 2. The van der Waals surface area contributed by atoms with E-state index in [1.54, 1.807) is 32.9 Å². The summed E-state index contributed by atoms with van der Waals surface area (Å²) < 4.78 is 39.5. The Morgan fingerprint density at radius 2 is 1.93 bits per heavy atom. The lowest BCUT2D eigenvalue weighted by molar-refractivity contribution is -0.117. The number of hydrogen-bond donors (Lipinski definition) is 1. The molecule has 1 aromatic rings. The number of anilines is 1. The molecular weight excluding hydrogens is 375 g/mol. The number of carbonyl (C=O) groups excluding carboxylic acids is 2. The molecule has 0 aliphatic carbocycles. The molecular formula is C18H25FN2O5S. The van der Waals surface area contributed by atoms with Gasteiger partial charge in [-0.3, -0.25) is 4.79 Å². The van der Waals surface area contributed by atoms with E-state index < -0.39 is 33.6 Å². The van der Waals surface area contributed by atoms with E-state index in [1.807, 2.05) is 12.1 Å². The number of rotatable bonds is 6. The van der Waals surface area contributed by atoms with Crippen molar-refractivity contribution in [2.24, 2.45) is 5.92 Å². The number of halogens is 1. The van der Waals surface area contributed by atoms with E-state index >= 15 is 0 Å². The standard InChI is InChI=1S/C18H25FN2O5S/c1-18(2,3)26-17(23)20-9-8-13-4-6-15(7-5-13)21-11-14(10-16(21)22)12-27(19,24)25/h4-7,14H,8-12H2,1-3H3,(H,20,23). The highest BCUT2D eigenvalue weighted by Crippen LogP contribution is 2.26. The van der Waals surface area contributed by atoms with Gasteiger partial charge in [-0.25, -0.2) is 4.79 Å². The first-order valence-electron chi connectivity index (χ1n) is 8.71. The van der Waals surface area contributed by atoms with Crippen LogP contribution in [0.25, 0.3) is 0 Å². The van der Waals surface area contributed by atoms with E-state index in [4.69, 9.17) is 4.74 Å². The average molecular weight is 400 g/mol. The summed E-state index contributed by atoms with van der Waals surface area (Å²) in [5, 5.41) is 2.67. The second kappa shape index (κ2) is 8.24. The summed E-state index contributed by atoms with van der Waals surface area (Å²) in [5.74, 6) is -1.39. The van der Waals surface area contributed by atoms with Gasteiger partial charge in [-0.05, 0) is 44.9 Å². The Labute approximate surface area is 159 Å². The molecule has 2 rings (SSSR count). The van der Waals surface area contributed by atoms with Crippen molar-refractivity contribution in [2.75, 3.05) is 23.7 Å². The molecule has 1 aromatic carbocycles. The summed E-state index contributed by atoms with van der Waals surface area (Å²) in [6.45, 7) is 5.96. The summed E-state index contributed by atoms with van der Waals surface area (Å²) in [6, 6.07) is 7.18. The van der Waals surface area contributed by atoms with E-state index in [0.717, 1.165) is 5.56 Å². The van der Waals surface area contributed by atoms with E-state index in [2.05, 4.69) is 5.32 Å². The molecule has 0 bridgehead atoms. The smallest absolute Gasteiger partial charge is 0.407 e. The number of hydrogen-bond acceptors (Lipinski definition) is 5. The molecule has 150 valence electrons. The number of nitrogens with one attached hydrogen (secondary N) is 1. The second-order valence-corrected chi connectivity index (χ2v) is 9.04. The largest absolute Gasteiger partial charge is 0.444 e. The molecule has 1 unspecified atom stereocenters. The Kier molecular flexibility index (Phi) is 6.46. The fraction of sp³-hybridized carbons (Fsp3) is 0.556. The topological polar surface area (TPSA) is 92.8 Å². The van der Waals surface area contributed by atoms with Crippen LogP contribution in [0.4, 0.5) is 14.4 Å². The Morgan fingerprint density at radius 3 is 2.48 bits per heavy atom. The van der Waals surface area contributed by atoms with Gasteiger partial charge in [-0.2, -0.15) is 8.42 Å². The predicted octanol–water partition coefficient (Wildman–Crippen LogP) is 2.41. The zero-order valence-corrected chi connectivity index (χ0v) is 16.5. The SMILES string of the molecule is CC(C)(C)OC(=O)NCCc1ccc(N2CC(CS(=O)(=O)F)CC2=O)cc1. The zero-order chi connectivity index (χ0) is 20.2. The van der Waals surface area contributed by atoms with Crippen LogP contribution in [0, 0.1) is 5.92 Å². The molecule has 1 heterocycles. The van der Waals surface area contributed by atoms with Crippen molar-refractivity contribution in [3.05, 3.63) is 29.8 Å². The van der Waals surface area contributed by atoms with Gasteiger partial charge >= 0.3 is 16.3 Å². The van der Waals surface area contributed by atoms with Gasteiger partial charge in [0, 0.05) is 31.1 Å². The quantitative estimate of drug-likeness (QED) is 0.740. The van der Waals surface area contributed by atoms with E-state index in [0.29, 0.717) is 18.7 Å². The second-order valence-electron chi connectivity index (χ2n) is 7.63. The lowest BCUT2D eigenvalue weighted by atomic mass is 10.1. The van der Waals surface area contributed by atoms with Crippen LogP contribution >= 0.6 is 0 Å². The maximum absolute atomic E-state index is 12.8. The molecule has 1 aliphatic heterocycles. The summed E-state index contributed by atoms with van der Waals surface area (Å²) in [7, 11) is -4.60. The maximum atomic E-state index is 12.8. The van der Waals surface area contributed by atoms with Gasteiger partial charge < -0.3 is 15.0 Å². The molecule has 2 amide bonds. The molecule has 9 heteroatoms. The van der Waals surface area contributed by atoms with Gasteiger partial charge in [0.05, 0.1) is 5.75 Å². The molecule has 1 atom stereocenters. The molecule has 7 nitrogen and oxygen atoms in total. The molecule has 1 fully saturated rings. The minimum Gasteiger partial charge on any atom is -0.444 e. The van der Waals surface area contributed by atoms with Crippen LogP contribution in [0.15, 0.2) is 24.3 Å². The molecule has 1 N–H and O–H groups in total. The number of alkyl carbamates (subject to hydrolysis) is 1. The van der Waals surface area contributed by atoms with Crippen molar-refractivity contribution in [2.45, 2.75) is 39.2 Å². The van der Waals surface area contributed by atoms with Crippen molar-refractivity contribution in [3.8, 4) is 0 Å². The normalized spacial score (nSPS) is 17.9. The van der Waals surface area contributed by atoms with Crippen molar-refractivity contribution in [1.82, 2.24) is 5.32 Å². The van der Waals surface area contributed by atoms with E-state index in [9.17, 15) is 21.9 Å². The lowest BCUT2D eigenvalue weighted by Gasteiger charge is -2.19. The number of amides is 2. The Morgan fingerprint density at radius 1 is 1.30 bits per heavy atom. The number of ether oxygens (including phenoxy) is 1. The molecule has 0 spiro atoms. The van der Waals surface area contributed by atoms with E-state index in [1.165, 1.54) is 4.90 Å². The van der Waals surface area contributed by atoms with Crippen molar-refractivity contribution in [1.29, 1.82) is 0 Å². The fourth-order valence-corrected chi connectivity index (χ4v) is 3.68. The summed E-state index contributed by atoms with van der Waals surface area (Å²) >= 11 is 0. The average Bonchev–Trinajstić information content (AvgIpc) is 2.84. The highest BCUT2D eigenvalue weighted by Gasteiger charge is 2.33. The first-order chi connectivity index (χ1) is 12.4. The molecule has 27 heavy (non-hydrogen) atoms. The van der Waals surface area contributed by atoms with Gasteiger partial charge in [-0.1, -0.05) is 12.1 Å². The third-order valence-electron chi connectivity index (χ3n) is 3.97. The third kappa shape index (κ3) is 7.16.